The van der Waals surface area contributed by atoms with E-state index in [0.29, 0.717) is 0 Å². The molecule has 1 aliphatic rings. The number of rotatable bonds is 2. The maximum atomic E-state index is 5.41. The van der Waals surface area contributed by atoms with Gasteiger partial charge in [-0.15, -0.1) is 0 Å². The SMILES string of the molecule is C/C(=C\c1cc2c(cc1C)C(C)(C)CCC2(C)C)c1cc(C)no1. The van der Waals surface area contributed by atoms with E-state index in [1.54, 1.807) is 0 Å². The Bertz CT molecular complexity index is 805. The molecule has 2 aromatic rings. The zero-order chi connectivity index (χ0) is 17.7. The van der Waals surface area contributed by atoms with Crippen LogP contribution in [0.1, 0.15) is 81.2 Å². The molecule has 0 aliphatic heterocycles. The van der Waals surface area contributed by atoms with Gasteiger partial charge in [0, 0.05) is 6.07 Å². The molecule has 3 rings (SSSR count). The number of hydrogen-bond donors (Lipinski definition) is 0. The van der Waals surface area contributed by atoms with Crippen LogP contribution in [-0.4, -0.2) is 5.16 Å². The molecule has 0 N–H and O–H groups in total. The molecule has 2 heteroatoms. The molecule has 0 radical (unpaired) electrons. The summed E-state index contributed by atoms with van der Waals surface area (Å²) in [5, 5.41) is 4.00. The first-order chi connectivity index (χ1) is 11.1. The van der Waals surface area contributed by atoms with Crippen molar-refractivity contribution in [3.8, 4) is 0 Å². The molecule has 0 saturated carbocycles. The van der Waals surface area contributed by atoms with Crippen molar-refractivity contribution in [2.75, 3.05) is 0 Å². The Hall–Kier alpha value is -1.83. The van der Waals surface area contributed by atoms with Gasteiger partial charge in [0.15, 0.2) is 5.76 Å². The molecule has 1 heterocycles. The first kappa shape index (κ1) is 17.0. The highest BCUT2D eigenvalue weighted by Gasteiger charge is 2.37. The van der Waals surface area contributed by atoms with E-state index >= 15 is 0 Å². The largest absolute Gasteiger partial charge is 0.356 e. The molecule has 0 spiro atoms. The minimum absolute atomic E-state index is 0.234. The van der Waals surface area contributed by atoms with Crippen LogP contribution in [-0.2, 0) is 10.8 Å². The van der Waals surface area contributed by atoms with E-state index in [1.807, 2.05) is 13.0 Å². The van der Waals surface area contributed by atoms with Crippen molar-refractivity contribution in [3.63, 3.8) is 0 Å². The van der Waals surface area contributed by atoms with Crippen LogP contribution in [0.25, 0.3) is 11.6 Å². The van der Waals surface area contributed by atoms with Crippen molar-refractivity contribution >= 4 is 11.6 Å². The van der Waals surface area contributed by atoms with Crippen LogP contribution in [0.5, 0.6) is 0 Å². The van der Waals surface area contributed by atoms with E-state index in [2.05, 4.69) is 64.9 Å². The van der Waals surface area contributed by atoms with Gasteiger partial charge in [-0.3, -0.25) is 0 Å². The predicted octanol–water partition coefficient (Wildman–Crippen LogP) is 6.20. The van der Waals surface area contributed by atoms with Gasteiger partial charge in [0.2, 0.25) is 0 Å². The highest BCUT2D eigenvalue weighted by molar-refractivity contribution is 5.79. The topological polar surface area (TPSA) is 26.0 Å². The monoisotopic (exact) mass is 323 g/mol. The van der Waals surface area contributed by atoms with Crippen molar-refractivity contribution in [1.29, 1.82) is 0 Å². The van der Waals surface area contributed by atoms with E-state index in [0.717, 1.165) is 17.0 Å². The van der Waals surface area contributed by atoms with Crippen molar-refractivity contribution < 1.29 is 4.52 Å². The number of nitrogens with zero attached hydrogens (tertiary/aromatic N) is 1. The fraction of sp³-hybridized carbons (Fsp3) is 0.500. The molecule has 24 heavy (non-hydrogen) atoms. The molecule has 1 aromatic heterocycles. The molecule has 0 bridgehead atoms. The molecular weight excluding hydrogens is 294 g/mol. The van der Waals surface area contributed by atoms with Gasteiger partial charge in [0.1, 0.15) is 0 Å². The summed E-state index contributed by atoms with van der Waals surface area (Å²) in [5.41, 5.74) is 8.15. The second-order valence-electron chi connectivity index (χ2n) is 8.68. The van der Waals surface area contributed by atoms with Crippen LogP contribution >= 0.6 is 0 Å². The summed E-state index contributed by atoms with van der Waals surface area (Å²) in [4.78, 5) is 0. The summed E-state index contributed by atoms with van der Waals surface area (Å²) in [7, 11) is 0. The molecule has 2 nitrogen and oxygen atoms in total. The highest BCUT2D eigenvalue weighted by Crippen LogP contribution is 2.46. The Balaban J connectivity index is 2.11. The lowest BCUT2D eigenvalue weighted by Gasteiger charge is -2.42. The van der Waals surface area contributed by atoms with Gasteiger partial charge in [-0.2, -0.15) is 0 Å². The Morgan fingerprint density at radius 1 is 1.00 bits per heavy atom. The standard InChI is InChI=1S/C22H29NO/c1-14-11-18-19(22(6,7)9-8-21(18,4)5)13-17(14)10-15(2)20-12-16(3)23-24-20/h10-13H,8-9H2,1-7H3/b15-10+. The zero-order valence-electron chi connectivity index (χ0n) is 16.1. The maximum absolute atomic E-state index is 5.41. The van der Waals surface area contributed by atoms with Gasteiger partial charge in [0.05, 0.1) is 5.69 Å². The molecule has 0 amide bonds. The lowest BCUT2D eigenvalue weighted by molar-refractivity contribution is 0.331. The van der Waals surface area contributed by atoms with Gasteiger partial charge in [-0.25, -0.2) is 0 Å². The third kappa shape index (κ3) is 2.94. The van der Waals surface area contributed by atoms with E-state index in [9.17, 15) is 0 Å². The fourth-order valence-electron chi connectivity index (χ4n) is 3.75. The Morgan fingerprint density at radius 3 is 2.12 bits per heavy atom. The number of aromatic nitrogens is 1. The molecule has 128 valence electrons. The number of allylic oxidation sites excluding steroid dienone is 1. The predicted molar refractivity (Wildman–Crippen MR) is 101 cm³/mol. The summed E-state index contributed by atoms with van der Waals surface area (Å²) in [6, 6.07) is 6.80. The molecular formula is C22H29NO. The zero-order valence-corrected chi connectivity index (χ0v) is 16.1. The number of benzene rings is 1. The van der Waals surface area contributed by atoms with E-state index in [1.165, 1.54) is 35.1 Å². The average Bonchev–Trinajstić information content (AvgIpc) is 2.92. The third-order valence-corrected chi connectivity index (χ3v) is 5.63. The van der Waals surface area contributed by atoms with E-state index in [-0.39, 0.29) is 10.8 Å². The van der Waals surface area contributed by atoms with Crippen LogP contribution in [0.2, 0.25) is 0 Å². The van der Waals surface area contributed by atoms with Crippen LogP contribution in [0.15, 0.2) is 22.7 Å². The Kier molecular flexibility index (Phi) is 3.98. The van der Waals surface area contributed by atoms with E-state index in [4.69, 9.17) is 4.52 Å². The molecule has 0 fully saturated rings. The average molecular weight is 323 g/mol. The first-order valence-electron chi connectivity index (χ1n) is 8.88. The van der Waals surface area contributed by atoms with Crippen LogP contribution in [0.4, 0.5) is 0 Å². The van der Waals surface area contributed by atoms with Crippen molar-refractivity contribution in [1.82, 2.24) is 5.16 Å². The Morgan fingerprint density at radius 2 is 1.58 bits per heavy atom. The lowest BCUT2D eigenvalue weighted by atomic mass is 9.62. The smallest absolute Gasteiger partial charge is 0.162 e. The molecule has 0 atom stereocenters. The summed E-state index contributed by atoms with van der Waals surface area (Å²) < 4.78 is 5.41. The third-order valence-electron chi connectivity index (χ3n) is 5.63. The van der Waals surface area contributed by atoms with Gasteiger partial charge in [-0.05, 0) is 78.3 Å². The molecule has 0 saturated heterocycles. The van der Waals surface area contributed by atoms with Crippen LogP contribution in [0.3, 0.4) is 0 Å². The number of aryl methyl sites for hydroxylation is 2. The van der Waals surface area contributed by atoms with Gasteiger partial charge < -0.3 is 4.52 Å². The van der Waals surface area contributed by atoms with Crippen molar-refractivity contribution in [2.45, 2.75) is 72.1 Å². The van der Waals surface area contributed by atoms with Gasteiger partial charge in [-0.1, -0.05) is 45.0 Å². The van der Waals surface area contributed by atoms with Crippen molar-refractivity contribution in [2.24, 2.45) is 0 Å². The van der Waals surface area contributed by atoms with Gasteiger partial charge >= 0.3 is 0 Å². The molecule has 1 aromatic carbocycles. The maximum Gasteiger partial charge on any atom is 0.162 e. The first-order valence-corrected chi connectivity index (χ1v) is 8.88. The quantitative estimate of drug-likeness (QED) is 0.657. The summed E-state index contributed by atoms with van der Waals surface area (Å²) in [5.74, 6) is 0.851. The second kappa shape index (κ2) is 5.61. The van der Waals surface area contributed by atoms with Crippen LogP contribution in [0, 0.1) is 13.8 Å². The van der Waals surface area contributed by atoms with E-state index < -0.39 is 0 Å². The number of hydrogen-bond acceptors (Lipinski definition) is 2. The molecule has 0 unspecified atom stereocenters. The second-order valence-corrected chi connectivity index (χ2v) is 8.68. The Labute approximate surface area is 146 Å². The van der Waals surface area contributed by atoms with Crippen LogP contribution < -0.4 is 0 Å². The summed E-state index contributed by atoms with van der Waals surface area (Å²) in [6.45, 7) is 15.7. The fourth-order valence-corrected chi connectivity index (χ4v) is 3.75. The highest BCUT2D eigenvalue weighted by atomic mass is 16.5. The minimum Gasteiger partial charge on any atom is -0.356 e. The lowest BCUT2D eigenvalue weighted by Crippen LogP contribution is -2.34. The van der Waals surface area contributed by atoms with Crippen molar-refractivity contribution in [3.05, 3.63) is 51.9 Å². The minimum atomic E-state index is 0.234. The summed E-state index contributed by atoms with van der Waals surface area (Å²) >= 11 is 0. The molecule has 1 aliphatic carbocycles. The van der Waals surface area contributed by atoms with Gasteiger partial charge in [0.25, 0.3) is 0 Å². The normalized spacial score (nSPS) is 19.2. The summed E-state index contributed by atoms with van der Waals surface area (Å²) in [6.07, 6.45) is 4.71. The number of fused-ring (bicyclic) bond motifs is 1.